The van der Waals surface area contributed by atoms with Crippen molar-refractivity contribution in [1.29, 1.82) is 0 Å². The van der Waals surface area contributed by atoms with E-state index in [1.54, 1.807) is 0 Å². The minimum absolute atomic E-state index is 0.0781. The molecule has 1 aromatic rings. The number of rotatable bonds is 4. The first kappa shape index (κ1) is 15.1. The van der Waals surface area contributed by atoms with Gasteiger partial charge >= 0.3 is 5.97 Å². The standard InChI is InChI=1S/C18H24N2O2/c1-4-22-16(21)15-11-18(10-9-12(2)3)13-7-5-6-8-14(13)19-17(18)20-15/h5-9,15,17,19-20H,4,10-11H2,1-3H3/t15-,17+,18+/m0/s1. The molecule has 0 unspecified atom stereocenters. The summed E-state index contributed by atoms with van der Waals surface area (Å²) >= 11 is 0. The van der Waals surface area contributed by atoms with Gasteiger partial charge in [-0.05, 0) is 45.2 Å². The lowest BCUT2D eigenvalue weighted by Gasteiger charge is -2.28. The minimum Gasteiger partial charge on any atom is -0.465 e. The van der Waals surface area contributed by atoms with Gasteiger partial charge in [0, 0.05) is 11.1 Å². The number of nitrogens with one attached hydrogen (secondary N) is 2. The fourth-order valence-corrected chi connectivity index (χ4v) is 3.64. The first-order valence-corrected chi connectivity index (χ1v) is 7.99. The topological polar surface area (TPSA) is 50.4 Å². The summed E-state index contributed by atoms with van der Waals surface area (Å²) in [7, 11) is 0. The number of benzene rings is 1. The second-order valence-electron chi connectivity index (χ2n) is 6.44. The summed E-state index contributed by atoms with van der Waals surface area (Å²) in [6.45, 7) is 6.50. The maximum atomic E-state index is 12.1. The number of hydrogen-bond donors (Lipinski definition) is 2. The molecule has 118 valence electrons. The van der Waals surface area contributed by atoms with E-state index < -0.39 is 0 Å². The van der Waals surface area contributed by atoms with Gasteiger partial charge in [-0.3, -0.25) is 10.1 Å². The van der Waals surface area contributed by atoms with Crippen molar-refractivity contribution >= 4 is 11.7 Å². The van der Waals surface area contributed by atoms with Crippen molar-refractivity contribution in [3.05, 3.63) is 41.5 Å². The lowest BCUT2D eigenvalue weighted by atomic mass is 9.75. The predicted molar refractivity (Wildman–Crippen MR) is 87.8 cm³/mol. The van der Waals surface area contributed by atoms with Gasteiger partial charge in [-0.2, -0.15) is 0 Å². The van der Waals surface area contributed by atoms with Crippen LogP contribution >= 0.6 is 0 Å². The lowest BCUT2D eigenvalue weighted by Crippen LogP contribution is -2.43. The molecule has 2 N–H and O–H groups in total. The molecule has 1 fully saturated rings. The highest BCUT2D eigenvalue weighted by Gasteiger charge is 2.54. The molecule has 0 spiro atoms. The van der Waals surface area contributed by atoms with E-state index >= 15 is 0 Å². The van der Waals surface area contributed by atoms with Crippen molar-refractivity contribution in [2.45, 2.75) is 51.2 Å². The average Bonchev–Trinajstić information content (AvgIpc) is 2.98. The summed E-state index contributed by atoms with van der Waals surface area (Å²) in [5.74, 6) is -0.146. The molecule has 4 nitrogen and oxygen atoms in total. The number of fused-ring (bicyclic) bond motifs is 3. The minimum atomic E-state index is -0.239. The van der Waals surface area contributed by atoms with E-state index in [9.17, 15) is 4.79 Å². The Kier molecular flexibility index (Phi) is 3.96. The zero-order valence-corrected chi connectivity index (χ0v) is 13.5. The molecule has 2 aliphatic rings. The molecule has 22 heavy (non-hydrogen) atoms. The smallest absolute Gasteiger partial charge is 0.323 e. The summed E-state index contributed by atoms with van der Waals surface area (Å²) in [5.41, 5.74) is 3.70. The van der Waals surface area contributed by atoms with Crippen LogP contribution in [0.25, 0.3) is 0 Å². The summed E-state index contributed by atoms with van der Waals surface area (Å²) < 4.78 is 5.20. The van der Waals surface area contributed by atoms with Crippen LogP contribution in [-0.2, 0) is 14.9 Å². The van der Waals surface area contributed by atoms with E-state index in [4.69, 9.17) is 4.74 Å². The van der Waals surface area contributed by atoms with Gasteiger partial charge in [0.1, 0.15) is 6.04 Å². The van der Waals surface area contributed by atoms with Gasteiger partial charge in [-0.25, -0.2) is 0 Å². The average molecular weight is 300 g/mol. The van der Waals surface area contributed by atoms with Crippen molar-refractivity contribution in [3.63, 3.8) is 0 Å². The highest BCUT2D eigenvalue weighted by Crippen LogP contribution is 2.49. The molecule has 1 saturated heterocycles. The number of carbonyl (C=O) groups excluding carboxylic acids is 1. The van der Waals surface area contributed by atoms with Crippen LogP contribution in [-0.4, -0.2) is 24.8 Å². The van der Waals surface area contributed by atoms with Gasteiger partial charge in [0.2, 0.25) is 0 Å². The second-order valence-corrected chi connectivity index (χ2v) is 6.44. The Labute approximate surface area is 131 Å². The number of esters is 1. The summed E-state index contributed by atoms with van der Waals surface area (Å²) in [4.78, 5) is 12.1. The molecule has 3 rings (SSSR count). The Morgan fingerprint density at radius 2 is 2.18 bits per heavy atom. The summed E-state index contributed by atoms with van der Waals surface area (Å²) in [6, 6.07) is 8.17. The second kappa shape index (κ2) is 5.76. The van der Waals surface area contributed by atoms with Crippen LogP contribution in [0.1, 0.15) is 39.2 Å². The van der Waals surface area contributed by atoms with Gasteiger partial charge in [-0.15, -0.1) is 0 Å². The van der Waals surface area contributed by atoms with E-state index in [0.29, 0.717) is 6.61 Å². The van der Waals surface area contributed by atoms with E-state index in [2.05, 4.69) is 48.8 Å². The molecule has 0 bridgehead atoms. The predicted octanol–water partition coefficient (Wildman–Crippen LogP) is 2.96. The van der Waals surface area contributed by atoms with Crippen LogP contribution < -0.4 is 10.6 Å². The fraction of sp³-hybridized carbons (Fsp3) is 0.500. The molecular formula is C18H24N2O2. The van der Waals surface area contributed by atoms with Gasteiger partial charge < -0.3 is 10.1 Å². The van der Waals surface area contributed by atoms with Crippen LogP contribution in [0, 0.1) is 0 Å². The Bertz CT molecular complexity index is 607. The SMILES string of the molecule is CCOC(=O)[C@@H]1C[C@]2(CC=C(C)C)c3ccccc3N[C@@H]2N1. The third kappa shape index (κ3) is 2.41. The molecule has 0 radical (unpaired) electrons. The Morgan fingerprint density at radius 3 is 2.91 bits per heavy atom. The van der Waals surface area contributed by atoms with Crippen LogP contribution in [0.3, 0.4) is 0 Å². The molecule has 2 aliphatic heterocycles. The van der Waals surface area contributed by atoms with Crippen LogP contribution in [0.5, 0.6) is 0 Å². The Morgan fingerprint density at radius 1 is 1.41 bits per heavy atom. The lowest BCUT2D eigenvalue weighted by molar-refractivity contribution is -0.145. The van der Waals surface area contributed by atoms with Crippen LogP contribution in [0.15, 0.2) is 35.9 Å². The van der Waals surface area contributed by atoms with Gasteiger partial charge in [0.15, 0.2) is 0 Å². The van der Waals surface area contributed by atoms with E-state index in [1.807, 2.05) is 13.0 Å². The molecule has 0 saturated carbocycles. The van der Waals surface area contributed by atoms with Gasteiger partial charge in [-0.1, -0.05) is 29.8 Å². The number of para-hydroxylation sites is 1. The first-order chi connectivity index (χ1) is 10.6. The monoisotopic (exact) mass is 300 g/mol. The van der Waals surface area contributed by atoms with Crippen molar-refractivity contribution in [3.8, 4) is 0 Å². The summed E-state index contributed by atoms with van der Waals surface area (Å²) in [6.07, 6.45) is 4.04. The van der Waals surface area contributed by atoms with E-state index in [0.717, 1.165) is 12.8 Å². The molecule has 4 heteroatoms. The van der Waals surface area contributed by atoms with Crippen LogP contribution in [0.2, 0.25) is 0 Å². The number of carbonyl (C=O) groups is 1. The Hall–Kier alpha value is -1.81. The number of anilines is 1. The van der Waals surface area contributed by atoms with Gasteiger partial charge in [0.05, 0.1) is 12.8 Å². The van der Waals surface area contributed by atoms with E-state index in [1.165, 1.54) is 16.8 Å². The number of allylic oxidation sites excluding steroid dienone is 2. The first-order valence-electron chi connectivity index (χ1n) is 7.99. The molecule has 0 aromatic heterocycles. The molecule has 2 heterocycles. The zero-order chi connectivity index (χ0) is 15.7. The third-order valence-electron chi connectivity index (χ3n) is 4.70. The Balaban J connectivity index is 1.94. The summed E-state index contributed by atoms with van der Waals surface area (Å²) in [5, 5.41) is 6.97. The van der Waals surface area contributed by atoms with E-state index in [-0.39, 0.29) is 23.6 Å². The van der Waals surface area contributed by atoms with Gasteiger partial charge in [0.25, 0.3) is 0 Å². The molecule has 1 aromatic carbocycles. The largest absolute Gasteiger partial charge is 0.465 e. The molecule has 3 atom stereocenters. The van der Waals surface area contributed by atoms with Crippen molar-refractivity contribution in [1.82, 2.24) is 5.32 Å². The highest BCUT2D eigenvalue weighted by molar-refractivity contribution is 5.78. The molecule has 0 amide bonds. The highest BCUT2D eigenvalue weighted by atomic mass is 16.5. The molecular weight excluding hydrogens is 276 g/mol. The quantitative estimate of drug-likeness (QED) is 0.663. The van der Waals surface area contributed by atoms with Crippen molar-refractivity contribution in [2.75, 3.05) is 11.9 Å². The third-order valence-corrected chi connectivity index (χ3v) is 4.70. The zero-order valence-electron chi connectivity index (χ0n) is 13.5. The van der Waals surface area contributed by atoms with Crippen molar-refractivity contribution < 1.29 is 9.53 Å². The molecule has 0 aliphatic carbocycles. The van der Waals surface area contributed by atoms with Crippen LogP contribution in [0.4, 0.5) is 5.69 Å². The fourth-order valence-electron chi connectivity index (χ4n) is 3.64. The maximum absolute atomic E-state index is 12.1. The number of ether oxygens (including phenoxy) is 1. The van der Waals surface area contributed by atoms with Crippen molar-refractivity contribution in [2.24, 2.45) is 0 Å². The normalized spacial score (nSPS) is 28.5. The number of hydrogen-bond acceptors (Lipinski definition) is 4. The maximum Gasteiger partial charge on any atom is 0.323 e.